The molecule has 1 heterocycles. The summed E-state index contributed by atoms with van der Waals surface area (Å²) in [4.78, 5) is 11.2. The van der Waals surface area contributed by atoms with Gasteiger partial charge < -0.3 is 9.47 Å². The van der Waals surface area contributed by atoms with Crippen LogP contribution in [0.25, 0.3) is 6.08 Å². The van der Waals surface area contributed by atoms with Gasteiger partial charge in [-0.05, 0) is 42.7 Å². The van der Waals surface area contributed by atoms with Crippen LogP contribution in [0.15, 0.2) is 24.3 Å². The van der Waals surface area contributed by atoms with Gasteiger partial charge >= 0.3 is 5.97 Å². The maximum Gasteiger partial charge on any atom is 0.330 e. The Morgan fingerprint density at radius 2 is 2.47 bits per heavy atom. The van der Waals surface area contributed by atoms with E-state index in [1.165, 1.54) is 6.08 Å². The lowest BCUT2D eigenvalue weighted by molar-refractivity contribution is -0.137. The first-order valence-electron chi connectivity index (χ1n) is 6.27. The van der Waals surface area contributed by atoms with Crippen molar-refractivity contribution >= 4 is 12.0 Å². The van der Waals surface area contributed by atoms with Crippen LogP contribution < -0.4 is 4.74 Å². The van der Waals surface area contributed by atoms with Crippen molar-refractivity contribution in [3.63, 3.8) is 0 Å². The van der Waals surface area contributed by atoms with E-state index in [1.807, 2.05) is 18.2 Å². The van der Waals surface area contributed by atoms with Gasteiger partial charge in [0.15, 0.2) is 6.10 Å². The molecule has 1 aromatic carbocycles. The second-order valence-corrected chi connectivity index (χ2v) is 4.23. The van der Waals surface area contributed by atoms with Crippen LogP contribution in [0.4, 0.5) is 0 Å². The van der Waals surface area contributed by atoms with Gasteiger partial charge in [0.05, 0.1) is 6.61 Å². The average Bonchev–Trinajstić information content (AvgIpc) is 2.44. The van der Waals surface area contributed by atoms with E-state index in [2.05, 4.69) is 6.07 Å². The van der Waals surface area contributed by atoms with E-state index in [9.17, 15) is 4.79 Å². The molecule has 1 aromatic rings. The first-order chi connectivity index (χ1) is 9.22. The van der Waals surface area contributed by atoms with Gasteiger partial charge in [0, 0.05) is 12.5 Å². The summed E-state index contributed by atoms with van der Waals surface area (Å²) in [5.74, 6) is 0.409. The number of benzene rings is 1. The smallest absolute Gasteiger partial charge is 0.330 e. The second-order valence-electron chi connectivity index (χ2n) is 4.23. The van der Waals surface area contributed by atoms with Crippen LogP contribution >= 0.6 is 0 Å². The van der Waals surface area contributed by atoms with Gasteiger partial charge in [-0.3, -0.25) is 0 Å². The minimum absolute atomic E-state index is 0.346. The average molecular weight is 257 g/mol. The Hall–Kier alpha value is -2.28. The molecule has 1 aliphatic heterocycles. The highest BCUT2D eigenvalue weighted by atomic mass is 16.5. The van der Waals surface area contributed by atoms with Crippen LogP contribution in [0.3, 0.4) is 0 Å². The molecular formula is C15H15NO3. The Kier molecular flexibility index (Phi) is 4.19. The quantitative estimate of drug-likeness (QED) is 0.616. The molecular weight excluding hydrogens is 242 g/mol. The number of fused-ring (bicyclic) bond motifs is 1. The van der Waals surface area contributed by atoms with Crippen LogP contribution in [0, 0.1) is 11.3 Å². The topological polar surface area (TPSA) is 59.3 Å². The van der Waals surface area contributed by atoms with Gasteiger partial charge in [0.1, 0.15) is 11.8 Å². The number of esters is 1. The number of hydrogen-bond acceptors (Lipinski definition) is 4. The molecule has 0 radical (unpaired) electrons. The lowest BCUT2D eigenvalue weighted by Gasteiger charge is -2.21. The molecule has 2 rings (SSSR count). The fourth-order valence-electron chi connectivity index (χ4n) is 1.96. The number of nitrogens with zero attached hydrogens (tertiary/aromatic N) is 1. The molecule has 0 aliphatic carbocycles. The molecule has 1 unspecified atom stereocenters. The highest BCUT2D eigenvalue weighted by molar-refractivity contribution is 5.87. The van der Waals surface area contributed by atoms with Crippen molar-refractivity contribution < 1.29 is 14.3 Å². The zero-order valence-corrected chi connectivity index (χ0v) is 10.8. The minimum Gasteiger partial charge on any atom is -0.475 e. The van der Waals surface area contributed by atoms with Gasteiger partial charge in [-0.2, -0.15) is 5.26 Å². The third-order valence-corrected chi connectivity index (χ3v) is 2.87. The summed E-state index contributed by atoms with van der Waals surface area (Å²) in [6, 6.07) is 7.78. The molecule has 0 N–H and O–H groups in total. The van der Waals surface area contributed by atoms with Crippen molar-refractivity contribution in [3.8, 4) is 11.8 Å². The molecule has 0 amide bonds. The molecule has 98 valence electrons. The largest absolute Gasteiger partial charge is 0.475 e. The molecule has 4 nitrogen and oxygen atoms in total. The standard InChI is InChI=1S/C15H15NO3/c1-2-18-15(17)8-4-11-3-7-14-12(9-11)5-6-13(10-16)19-14/h3-4,7-9,13H,2,5-6H2,1H3. The zero-order chi connectivity index (χ0) is 13.7. The zero-order valence-electron chi connectivity index (χ0n) is 10.8. The molecule has 1 atom stereocenters. The van der Waals surface area contributed by atoms with E-state index in [-0.39, 0.29) is 12.1 Å². The normalized spacial score (nSPS) is 17.4. The number of hydrogen-bond donors (Lipinski definition) is 0. The molecule has 0 saturated carbocycles. The predicted molar refractivity (Wildman–Crippen MR) is 70.5 cm³/mol. The minimum atomic E-state index is -0.353. The Morgan fingerprint density at radius 3 is 3.21 bits per heavy atom. The van der Waals surface area contributed by atoms with Crippen molar-refractivity contribution in [3.05, 3.63) is 35.4 Å². The Balaban J connectivity index is 2.10. The van der Waals surface area contributed by atoms with E-state index in [0.29, 0.717) is 13.0 Å². The van der Waals surface area contributed by atoms with Gasteiger partial charge in [-0.25, -0.2) is 4.79 Å². The number of carbonyl (C=O) groups is 1. The Bertz CT molecular complexity index is 543. The molecule has 19 heavy (non-hydrogen) atoms. The van der Waals surface area contributed by atoms with Crippen LogP contribution in [0.5, 0.6) is 5.75 Å². The number of aryl methyl sites for hydroxylation is 1. The summed E-state index contributed by atoms with van der Waals surface area (Å²) in [5.41, 5.74) is 1.99. The Morgan fingerprint density at radius 1 is 1.63 bits per heavy atom. The van der Waals surface area contributed by atoms with Crippen LogP contribution in [0.2, 0.25) is 0 Å². The molecule has 0 aromatic heterocycles. The van der Waals surface area contributed by atoms with Gasteiger partial charge in [0.25, 0.3) is 0 Å². The summed E-state index contributed by atoms with van der Waals surface area (Å²) in [6.45, 7) is 2.14. The van der Waals surface area contributed by atoms with E-state index in [0.717, 1.165) is 23.3 Å². The summed E-state index contributed by atoms with van der Waals surface area (Å²) in [6.07, 6.45) is 4.29. The highest BCUT2D eigenvalue weighted by Crippen LogP contribution is 2.28. The molecule has 0 saturated heterocycles. The first kappa shape index (κ1) is 13.2. The second kappa shape index (κ2) is 6.05. The molecule has 0 bridgehead atoms. The fourth-order valence-corrected chi connectivity index (χ4v) is 1.96. The number of nitriles is 1. The lowest BCUT2D eigenvalue weighted by Crippen LogP contribution is -2.20. The van der Waals surface area contributed by atoms with Crippen molar-refractivity contribution in [1.82, 2.24) is 0 Å². The fraction of sp³-hybridized carbons (Fsp3) is 0.333. The summed E-state index contributed by atoms with van der Waals surface area (Å²) >= 11 is 0. The monoisotopic (exact) mass is 257 g/mol. The van der Waals surface area contributed by atoms with Crippen molar-refractivity contribution in [2.45, 2.75) is 25.9 Å². The van der Waals surface area contributed by atoms with E-state index in [4.69, 9.17) is 14.7 Å². The Labute approximate surface area is 112 Å². The maximum absolute atomic E-state index is 11.2. The molecule has 0 fully saturated rings. The number of ether oxygens (including phenoxy) is 2. The molecule has 4 heteroatoms. The third kappa shape index (κ3) is 3.35. The summed E-state index contributed by atoms with van der Waals surface area (Å²) < 4.78 is 10.3. The van der Waals surface area contributed by atoms with Crippen molar-refractivity contribution in [1.29, 1.82) is 5.26 Å². The SMILES string of the molecule is CCOC(=O)C=Cc1ccc2c(c1)CCC(C#N)O2. The van der Waals surface area contributed by atoms with E-state index in [1.54, 1.807) is 13.0 Å². The molecule has 0 spiro atoms. The van der Waals surface area contributed by atoms with Crippen LogP contribution in [-0.4, -0.2) is 18.7 Å². The first-order valence-corrected chi connectivity index (χ1v) is 6.27. The summed E-state index contributed by atoms with van der Waals surface area (Å²) in [7, 11) is 0. The summed E-state index contributed by atoms with van der Waals surface area (Å²) in [5, 5.41) is 8.83. The van der Waals surface area contributed by atoms with Crippen molar-refractivity contribution in [2.24, 2.45) is 0 Å². The van der Waals surface area contributed by atoms with Crippen molar-refractivity contribution in [2.75, 3.05) is 6.61 Å². The van der Waals surface area contributed by atoms with Gasteiger partial charge in [-0.1, -0.05) is 6.07 Å². The lowest BCUT2D eigenvalue weighted by atomic mass is 10.0. The number of rotatable bonds is 3. The van der Waals surface area contributed by atoms with Gasteiger partial charge in [-0.15, -0.1) is 0 Å². The van der Waals surface area contributed by atoms with E-state index < -0.39 is 0 Å². The predicted octanol–water partition coefficient (Wildman–Crippen LogP) is 2.48. The van der Waals surface area contributed by atoms with Crippen LogP contribution in [-0.2, 0) is 16.0 Å². The van der Waals surface area contributed by atoms with E-state index >= 15 is 0 Å². The highest BCUT2D eigenvalue weighted by Gasteiger charge is 2.18. The third-order valence-electron chi connectivity index (χ3n) is 2.87. The van der Waals surface area contributed by atoms with Crippen LogP contribution in [0.1, 0.15) is 24.5 Å². The van der Waals surface area contributed by atoms with Gasteiger partial charge in [0.2, 0.25) is 0 Å². The molecule has 1 aliphatic rings. The number of carbonyl (C=O) groups excluding carboxylic acids is 1. The maximum atomic E-state index is 11.2.